The lowest BCUT2D eigenvalue weighted by Crippen LogP contribution is -2.27. The first kappa shape index (κ1) is 17.9. The molecule has 3 aromatic rings. The molecule has 0 saturated carbocycles. The maximum atomic E-state index is 6.33. The molecular weight excluding hydrogens is 389 g/mol. The van der Waals surface area contributed by atoms with Gasteiger partial charge in [-0.1, -0.05) is 48.0 Å². The zero-order chi connectivity index (χ0) is 18.1. The fraction of sp³-hybridized carbons (Fsp3) is 0.389. The van der Waals surface area contributed by atoms with E-state index in [1.807, 2.05) is 22.8 Å². The smallest absolute Gasteiger partial charge is 0.228 e. The van der Waals surface area contributed by atoms with Crippen molar-refractivity contribution >= 4 is 46.6 Å². The number of halogens is 2. The second-order valence-corrected chi connectivity index (χ2v) is 8.46. The molecule has 1 atom stereocenters. The summed E-state index contributed by atoms with van der Waals surface area (Å²) in [7, 11) is 0. The van der Waals surface area contributed by atoms with Gasteiger partial charge < -0.3 is 4.90 Å². The van der Waals surface area contributed by atoms with E-state index in [1.165, 1.54) is 31.0 Å². The summed E-state index contributed by atoms with van der Waals surface area (Å²) in [5, 5.41) is 5.50. The molecule has 136 valence electrons. The van der Waals surface area contributed by atoms with E-state index in [0.29, 0.717) is 10.0 Å². The fourth-order valence-corrected chi connectivity index (χ4v) is 4.61. The van der Waals surface area contributed by atoms with Crippen LogP contribution in [0.15, 0.2) is 40.5 Å². The highest BCUT2D eigenvalue weighted by molar-refractivity contribution is 7.99. The van der Waals surface area contributed by atoms with E-state index in [1.54, 1.807) is 12.4 Å². The van der Waals surface area contributed by atoms with E-state index < -0.39 is 0 Å². The average Bonchev–Trinajstić information content (AvgIpc) is 3.03. The van der Waals surface area contributed by atoms with Gasteiger partial charge in [-0.25, -0.2) is 9.97 Å². The molecule has 1 aromatic carbocycles. The molecule has 0 unspecified atom stereocenters. The molecule has 0 bridgehead atoms. The summed E-state index contributed by atoms with van der Waals surface area (Å²) in [5.74, 6) is 1.61. The standard InChI is InChI=1S/C18H19Cl2N5S/c1-12-4-3-8-24(9-7-12)18-21-10-15(17-22-11-23-25(17)18)26-14-6-2-5-13(19)16(14)20/h2,5-6,10-12H,3-4,7-9H2,1H3/t12-/m1/s1. The van der Waals surface area contributed by atoms with Crippen LogP contribution in [-0.2, 0) is 0 Å². The Hall–Kier alpha value is -1.50. The summed E-state index contributed by atoms with van der Waals surface area (Å²) < 4.78 is 1.83. The van der Waals surface area contributed by atoms with Gasteiger partial charge in [-0.2, -0.15) is 9.61 Å². The van der Waals surface area contributed by atoms with Gasteiger partial charge in [-0.05, 0) is 37.3 Å². The summed E-state index contributed by atoms with van der Waals surface area (Å²) in [6.45, 7) is 4.31. The van der Waals surface area contributed by atoms with E-state index in [-0.39, 0.29) is 0 Å². The summed E-state index contributed by atoms with van der Waals surface area (Å²) in [6, 6.07) is 5.61. The molecule has 5 nitrogen and oxygen atoms in total. The van der Waals surface area contributed by atoms with Crippen LogP contribution in [0.2, 0.25) is 10.0 Å². The van der Waals surface area contributed by atoms with Gasteiger partial charge in [0.15, 0.2) is 5.65 Å². The van der Waals surface area contributed by atoms with Gasteiger partial charge in [0.2, 0.25) is 5.95 Å². The Bertz CT molecular complexity index is 929. The van der Waals surface area contributed by atoms with Crippen LogP contribution in [-0.4, -0.2) is 32.7 Å². The number of fused-ring (bicyclic) bond motifs is 1. The maximum Gasteiger partial charge on any atom is 0.228 e. The second kappa shape index (κ2) is 7.62. The highest BCUT2D eigenvalue weighted by Crippen LogP contribution is 2.38. The number of aromatic nitrogens is 4. The van der Waals surface area contributed by atoms with Gasteiger partial charge >= 0.3 is 0 Å². The number of hydrogen-bond acceptors (Lipinski definition) is 5. The van der Waals surface area contributed by atoms with Gasteiger partial charge in [-0.3, -0.25) is 0 Å². The minimum Gasteiger partial charge on any atom is -0.341 e. The predicted molar refractivity (Wildman–Crippen MR) is 107 cm³/mol. The molecule has 1 saturated heterocycles. The minimum atomic E-state index is 0.539. The van der Waals surface area contributed by atoms with Gasteiger partial charge in [-0.15, -0.1) is 0 Å². The van der Waals surface area contributed by atoms with Crippen molar-refractivity contribution in [2.45, 2.75) is 36.0 Å². The van der Waals surface area contributed by atoms with Crippen molar-refractivity contribution in [1.82, 2.24) is 19.6 Å². The quantitative estimate of drug-likeness (QED) is 0.596. The van der Waals surface area contributed by atoms with E-state index in [0.717, 1.165) is 40.4 Å². The molecule has 1 fully saturated rings. The SMILES string of the molecule is C[C@@H]1CCCN(c2ncc(Sc3cccc(Cl)c3Cl)c3ncnn23)CC1. The van der Waals surface area contributed by atoms with Crippen LogP contribution in [0.3, 0.4) is 0 Å². The van der Waals surface area contributed by atoms with Crippen molar-refractivity contribution in [3.05, 3.63) is 40.8 Å². The molecular formula is C18H19Cl2N5S. The number of hydrogen-bond donors (Lipinski definition) is 0. The minimum absolute atomic E-state index is 0.539. The predicted octanol–water partition coefficient (Wildman–Crippen LogP) is 5.21. The first-order valence-corrected chi connectivity index (χ1v) is 10.3. The lowest BCUT2D eigenvalue weighted by atomic mass is 10.0. The van der Waals surface area contributed by atoms with Crippen molar-refractivity contribution in [3.63, 3.8) is 0 Å². The highest BCUT2D eigenvalue weighted by atomic mass is 35.5. The molecule has 0 amide bonds. The molecule has 0 spiro atoms. The number of anilines is 1. The van der Waals surface area contributed by atoms with Gasteiger partial charge in [0.1, 0.15) is 6.33 Å². The molecule has 3 heterocycles. The highest BCUT2D eigenvalue weighted by Gasteiger charge is 2.20. The summed E-state index contributed by atoms with van der Waals surface area (Å²) in [5.41, 5.74) is 0.785. The van der Waals surface area contributed by atoms with Crippen LogP contribution in [0.4, 0.5) is 5.95 Å². The Labute approximate surface area is 166 Å². The Kier molecular flexibility index (Phi) is 5.25. The summed E-state index contributed by atoms with van der Waals surface area (Å²) in [6.07, 6.45) is 7.04. The molecule has 0 N–H and O–H groups in total. The molecule has 0 radical (unpaired) electrons. The third-order valence-corrected chi connectivity index (χ3v) is 6.69. The average molecular weight is 408 g/mol. The molecule has 4 rings (SSSR count). The normalized spacial score (nSPS) is 18.3. The largest absolute Gasteiger partial charge is 0.341 e. The number of rotatable bonds is 3. The monoisotopic (exact) mass is 407 g/mol. The Balaban J connectivity index is 1.69. The van der Waals surface area contributed by atoms with Crippen molar-refractivity contribution in [1.29, 1.82) is 0 Å². The zero-order valence-corrected chi connectivity index (χ0v) is 16.7. The Morgan fingerprint density at radius 3 is 2.88 bits per heavy atom. The maximum absolute atomic E-state index is 6.33. The fourth-order valence-electron chi connectivity index (χ4n) is 3.22. The van der Waals surface area contributed by atoms with Crippen molar-refractivity contribution < 1.29 is 0 Å². The van der Waals surface area contributed by atoms with Crippen molar-refractivity contribution in [2.75, 3.05) is 18.0 Å². The van der Waals surface area contributed by atoms with Crippen LogP contribution in [0, 0.1) is 5.92 Å². The first-order chi connectivity index (χ1) is 12.6. The Morgan fingerprint density at radius 2 is 2.00 bits per heavy atom. The first-order valence-electron chi connectivity index (χ1n) is 8.69. The van der Waals surface area contributed by atoms with E-state index in [9.17, 15) is 0 Å². The summed E-state index contributed by atoms with van der Waals surface area (Å²) in [4.78, 5) is 13.2. The lowest BCUT2D eigenvalue weighted by molar-refractivity contribution is 0.520. The Morgan fingerprint density at radius 1 is 1.12 bits per heavy atom. The van der Waals surface area contributed by atoms with Crippen LogP contribution < -0.4 is 4.90 Å². The van der Waals surface area contributed by atoms with Crippen molar-refractivity contribution in [3.8, 4) is 0 Å². The van der Waals surface area contributed by atoms with E-state index in [4.69, 9.17) is 28.2 Å². The molecule has 0 aliphatic carbocycles. The number of benzene rings is 1. The molecule has 1 aliphatic rings. The van der Waals surface area contributed by atoms with E-state index in [2.05, 4.69) is 21.9 Å². The molecule has 8 heteroatoms. The second-order valence-electron chi connectivity index (χ2n) is 6.60. The third-order valence-electron chi connectivity index (χ3n) is 4.69. The van der Waals surface area contributed by atoms with Crippen LogP contribution in [0.25, 0.3) is 5.65 Å². The van der Waals surface area contributed by atoms with Crippen LogP contribution in [0.1, 0.15) is 26.2 Å². The van der Waals surface area contributed by atoms with Crippen LogP contribution in [0.5, 0.6) is 0 Å². The lowest BCUT2D eigenvalue weighted by Gasteiger charge is -2.22. The molecule has 2 aromatic heterocycles. The van der Waals surface area contributed by atoms with Gasteiger partial charge in [0.05, 0.1) is 14.9 Å². The molecule has 1 aliphatic heterocycles. The topological polar surface area (TPSA) is 46.3 Å². The van der Waals surface area contributed by atoms with Gasteiger partial charge in [0, 0.05) is 24.2 Å². The van der Waals surface area contributed by atoms with E-state index >= 15 is 0 Å². The molecule has 26 heavy (non-hydrogen) atoms. The van der Waals surface area contributed by atoms with Gasteiger partial charge in [0.25, 0.3) is 0 Å². The number of nitrogens with zero attached hydrogens (tertiary/aromatic N) is 5. The third kappa shape index (κ3) is 3.50. The van der Waals surface area contributed by atoms with Crippen molar-refractivity contribution in [2.24, 2.45) is 5.92 Å². The summed E-state index contributed by atoms with van der Waals surface area (Å²) >= 11 is 14.0. The van der Waals surface area contributed by atoms with Crippen LogP contribution >= 0.6 is 35.0 Å². The zero-order valence-electron chi connectivity index (χ0n) is 14.4.